The number of methoxy groups -OCH3 is 1. The lowest BCUT2D eigenvalue weighted by atomic mass is 10.1. The number of aliphatic carboxylic acids is 2. The minimum absolute atomic E-state index is 0.0364. The number of hydrogen-bond acceptors (Lipinski definition) is 15. The van der Waals surface area contributed by atoms with Gasteiger partial charge >= 0.3 is 11.9 Å². The Morgan fingerprint density at radius 3 is 2.32 bits per heavy atom. The molecule has 59 heavy (non-hydrogen) atoms. The molecule has 1 saturated heterocycles. The first kappa shape index (κ1) is 47.4. The fourth-order valence-corrected chi connectivity index (χ4v) is 7.52. The van der Waals surface area contributed by atoms with Crippen molar-refractivity contribution in [2.75, 3.05) is 109 Å². The molecule has 1 aromatic carbocycles. The number of nitrogens with one attached hydrogen (secondary N) is 2. The first-order valence-corrected chi connectivity index (χ1v) is 21.4. The van der Waals surface area contributed by atoms with Crippen LogP contribution >= 0.6 is 11.8 Å². The number of carbonyl (C=O) groups is 3. The van der Waals surface area contributed by atoms with Crippen molar-refractivity contribution in [3.63, 3.8) is 0 Å². The Morgan fingerprint density at radius 1 is 0.898 bits per heavy atom. The van der Waals surface area contributed by atoms with Crippen molar-refractivity contribution in [2.45, 2.75) is 63.4 Å². The Kier molecular flexibility index (Phi) is 21.0. The van der Waals surface area contributed by atoms with Crippen LogP contribution in [0.3, 0.4) is 0 Å². The highest BCUT2D eigenvalue weighted by atomic mass is 32.2. The Hall–Kier alpha value is -4.24. The van der Waals surface area contributed by atoms with E-state index in [-0.39, 0.29) is 17.6 Å². The number of fused-ring (bicyclic) bond motifs is 1. The van der Waals surface area contributed by atoms with E-state index in [4.69, 9.17) is 35.5 Å². The summed E-state index contributed by atoms with van der Waals surface area (Å²) in [6.07, 6.45) is 6.02. The van der Waals surface area contributed by atoms with Gasteiger partial charge in [0.25, 0.3) is 0 Å². The van der Waals surface area contributed by atoms with Gasteiger partial charge in [-0.15, -0.1) is 11.8 Å². The number of hydrogen-bond donors (Lipinski definition) is 6. The number of aromatic nitrogens is 3. The number of nitrogen functional groups attached to an aromatic ring is 1. The summed E-state index contributed by atoms with van der Waals surface area (Å²) in [6, 6.07) is 7.23. The van der Waals surface area contributed by atoms with E-state index in [2.05, 4.69) is 55.2 Å². The molecule has 0 unspecified atom stereocenters. The predicted octanol–water partition coefficient (Wildman–Crippen LogP) is 2.33. The van der Waals surface area contributed by atoms with Gasteiger partial charge in [0.2, 0.25) is 11.9 Å². The molecule has 1 aliphatic heterocycles. The maximum atomic E-state index is 12.8. The van der Waals surface area contributed by atoms with Gasteiger partial charge in [0.15, 0.2) is 5.82 Å². The molecule has 3 aromatic rings. The van der Waals surface area contributed by atoms with Crippen LogP contribution in [-0.4, -0.2) is 162 Å². The van der Waals surface area contributed by atoms with Crippen molar-refractivity contribution < 1.29 is 43.5 Å². The van der Waals surface area contributed by atoms with Crippen LogP contribution in [0, 0.1) is 0 Å². The number of unbranched alkanes of at least 4 members (excludes halogenated alkanes) is 2. The van der Waals surface area contributed by atoms with Gasteiger partial charge in [0.1, 0.15) is 22.6 Å². The van der Waals surface area contributed by atoms with Crippen molar-refractivity contribution in [3.05, 3.63) is 41.6 Å². The molecule has 19 heteroatoms. The summed E-state index contributed by atoms with van der Waals surface area (Å²) in [5.41, 5.74) is 15.4. The number of rotatable bonds is 30. The number of carbonyl (C=O) groups excluding carboxylic acids is 1. The lowest BCUT2D eigenvalue weighted by Gasteiger charge is -2.35. The van der Waals surface area contributed by atoms with Crippen LogP contribution < -0.4 is 26.8 Å². The van der Waals surface area contributed by atoms with Gasteiger partial charge in [-0.05, 0) is 37.1 Å². The largest absolute Gasteiger partial charge is 0.496 e. The average molecular weight is 846 g/mol. The van der Waals surface area contributed by atoms with E-state index in [9.17, 15) is 19.5 Å². The highest BCUT2D eigenvalue weighted by Crippen LogP contribution is 2.28. The van der Waals surface area contributed by atoms with E-state index in [1.807, 2.05) is 17.2 Å². The molecule has 0 saturated carbocycles. The standard InChI is InChI=1S/C40H63N9O9S/c1-3-4-5-11-44-37-36-32(45-40(42)46-37)9-14-49(36)27-30-7-6-29(25-33(30)55-2)26-47-15-17-48(18-16-47)35(50)10-19-56-21-23-58-24-22-57-20-13-43-12-8-34(39(53)54)59-28-31(41)38(51)52/h6-7,9,14,25,31,34,43H,3-5,8,10-13,15-24,26-28,41H2,1-2H3,(H,51,52)(H,53,54)(H3,42,44,45,46)/t31-,34-/m0/s1. The Bertz CT molecular complexity index is 1740. The number of amides is 1. The van der Waals surface area contributed by atoms with Crippen molar-refractivity contribution in [1.82, 2.24) is 29.7 Å². The van der Waals surface area contributed by atoms with E-state index in [1.165, 1.54) is 0 Å². The summed E-state index contributed by atoms with van der Waals surface area (Å²) in [5, 5.41) is 24.0. The molecule has 1 fully saturated rings. The van der Waals surface area contributed by atoms with E-state index >= 15 is 0 Å². The van der Waals surface area contributed by atoms with Crippen molar-refractivity contribution in [1.29, 1.82) is 0 Å². The third-order valence-corrected chi connectivity index (χ3v) is 11.2. The summed E-state index contributed by atoms with van der Waals surface area (Å²) in [4.78, 5) is 48.2. The number of carboxylic acid groups (broad SMARTS) is 2. The molecule has 0 aliphatic carbocycles. The number of carboxylic acids is 2. The van der Waals surface area contributed by atoms with Gasteiger partial charge in [0, 0.05) is 63.3 Å². The fourth-order valence-electron chi connectivity index (χ4n) is 6.51. The van der Waals surface area contributed by atoms with Gasteiger partial charge in [0.05, 0.1) is 65.2 Å². The second-order valence-corrected chi connectivity index (χ2v) is 15.5. The molecule has 4 rings (SSSR count). The molecular formula is C40H63N9O9S. The lowest BCUT2D eigenvalue weighted by molar-refractivity contribution is -0.138. The smallest absolute Gasteiger partial charge is 0.321 e. The number of anilines is 2. The first-order chi connectivity index (χ1) is 28.6. The number of nitrogens with zero attached hydrogens (tertiary/aromatic N) is 5. The molecule has 2 atom stereocenters. The van der Waals surface area contributed by atoms with Crippen LogP contribution in [0.1, 0.15) is 50.2 Å². The lowest BCUT2D eigenvalue weighted by Crippen LogP contribution is -2.48. The number of thioether (sulfide) groups is 1. The normalized spacial score (nSPS) is 14.4. The predicted molar refractivity (Wildman–Crippen MR) is 228 cm³/mol. The summed E-state index contributed by atoms with van der Waals surface area (Å²) >= 11 is 1.03. The van der Waals surface area contributed by atoms with Gasteiger partial charge in [-0.25, -0.2) is 4.98 Å². The van der Waals surface area contributed by atoms with Crippen molar-refractivity contribution in [2.24, 2.45) is 5.73 Å². The molecule has 1 aliphatic rings. The second-order valence-electron chi connectivity index (χ2n) is 14.3. The fraction of sp³-hybridized carbons (Fsp3) is 0.625. The average Bonchev–Trinajstić information content (AvgIpc) is 3.62. The number of benzene rings is 1. The van der Waals surface area contributed by atoms with Gasteiger partial charge < -0.3 is 60.7 Å². The minimum atomic E-state index is -1.15. The zero-order valence-electron chi connectivity index (χ0n) is 34.4. The first-order valence-electron chi connectivity index (χ1n) is 20.4. The Balaban J connectivity index is 1.05. The van der Waals surface area contributed by atoms with Gasteiger partial charge in [-0.3, -0.25) is 19.3 Å². The molecule has 2 aromatic heterocycles. The summed E-state index contributed by atoms with van der Waals surface area (Å²) in [6.45, 7) is 10.6. The van der Waals surface area contributed by atoms with E-state index in [0.29, 0.717) is 85.2 Å². The van der Waals surface area contributed by atoms with Crippen molar-refractivity contribution >= 4 is 52.4 Å². The van der Waals surface area contributed by atoms with Crippen molar-refractivity contribution in [3.8, 4) is 5.75 Å². The Labute approximate surface area is 350 Å². The molecule has 18 nitrogen and oxygen atoms in total. The summed E-state index contributed by atoms with van der Waals surface area (Å²) < 4.78 is 24.7. The maximum Gasteiger partial charge on any atom is 0.321 e. The zero-order chi connectivity index (χ0) is 42.4. The molecule has 8 N–H and O–H groups in total. The van der Waals surface area contributed by atoms with E-state index in [1.54, 1.807) is 7.11 Å². The van der Waals surface area contributed by atoms with Crippen LogP contribution in [0.15, 0.2) is 30.5 Å². The minimum Gasteiger partial charge on any atom is -0.496 e. The quantitative estimate of drug-likeness (QED) is 0.0528. The highest BCUT2D eigenvalue weighted by molar-refractivity contribution is 8.00. The Morgan fingerprint density at radius 2 is 1.63 bits per heavy atom. The molecule has 0 radical (unpaired) electrons. The second kappa shape index (κ2) is 26.1. The van der Waals surface area contributed by atoms with Crippen LogP contribution in [0.4, 0.5) is 11.8 Å². The number of ether oxygens (including phenoxy) is 4. The van der Waals surface area contributed by atoms with Gasteiger partial charge in [-0.1, -0.05) is 31.9 Å². The van der Waals surface area contributed by atoms with Crippen LogP contribution in [0.25, 0.3) is 11.0 Å². The van der Waals surface area contributed by atoms with E-state index < -0.39 is 23.2 Å². The van der Waals surface area contributed by atoms with Crippen LogP contribution in [-0.2, 0) is 41.7 Å². The molecule has 1 amide bonds. The highest BCUT2D eigenvalue weighted by Gasteiger charge is 2.23. The van der Waals surface area contributed by atoms with Crippen LogP contribution in [0.2, 0.25) is 0 Å². The van der Waals surface area contributed by atoms with E-state index in [0.717, 1.165) is 90.9 Å². The third-order valence-electron chi connectivity index (χ3n) is 9.80. The molecule has 328 valence electrons. The molecule has 3 heterocycles. The molecule has 0 bridgehead atoms. The topological polar surface area (TPSA) is 242 Å². The summed E-state index contributed by atoms with van der Waals surface area (Å²) in [5.74, 6) is -0.211. The molecular weight excluding hydrogens is 783 g/mol. The maximum absolute atomic E-state index is 12.8. The molecule has 0 spiro atoms. The third kappa shape index (κ3) is 16.4. The SMILES string of the molecule is CCCCCNc1nc(N)nc2ccn(Cc3ccc(CN4CCN(C(=O)CCOCCOCCOCCNCC[C@H](SC[C@H](N)C(=O)O)C(=O)O)CC4)cc3OC)c12. The summed E-state index contributed by atoms with van der Waals surface area (Å²) in [7, 11) is 1.70. The zero-order valence-corrected chi connectivity index (χ0v) is 35.3. The number of nitrogens with two attached hydrogens (primary N) is 2. The van der Waals surface area contributed by atoms with Gasteiger partial charge in [-0.2, -0.15) is 4.98 Å². The monoisotopic (exact) mass is 845 g/mol. The number of piperazine rings is 1. The van der Waals surface area contributed by atoms with Crippen LogP contribution in [0.5, 0.6) is 5.75 Å².